The highest BCUT2D eigenvalue weighted by atomic mass is 19.1. The lowest BCUT2D eigenvalue weighted by Gasteiger charge is -2.12. The van der Waals surface area contributed by atoms with Crippen molar-refractivity contribution in [2.75, 3.05) is 6.61 Å². The maximum atomic E-state index is 14.7. The van der Waals surface area contributed by atoms with E-state index in [2.05, 4.69) is 18.8 Å². The number of aromatic nitrogens is 1. The molecule has 2 aromatic carbocycles. The zero-order valence-electron chi connectivity index (χ0n) is 19.6. The van der Waals surface area contributed by atoms with Crippen molar-refractivity contribution in [1.29, 1.82) is 0 Å². The molecule has 0 saturated heterocycles. The summed E-state index contributed by atoms with van der Waals surface area (Å²) >= 11 is 0. The molecular weight excluding hydrogens is 413 g/mol. The fraction of sp³-hybridized carbons (Fsp3) is 0.345. The van der Waals surface area contributed by atoms with E-state index in [0.717, 1.165) is 54.5 Å². The lowest BCUT2D eigenvalue weighted by Crippen LogP contribution is -2.08. The van der Waals surface area contributed by atoms with Gasteiger partial charge in [-0.2, -0.15) is 0 Å². The average molecular weight is 448 g/mol. The Labute approximate surface area is 196 Å². The van der Waals surface area contributed by atoms with E-state index in [1.165, 1.54) is 18.9 Å². The first-order chi connectivity index (χ1) is 16.1. The number of nitrogens with one attached hydrogen (secondary N) is 1. The van der Waals surface area contributed by atoms with Gasteiger partial charge in [-0.1, -0.05) is 68.3 Å². The van der Waals surface area contributed by atoms with Crippen molar-refractivity contribution in [3.63, 3.8) is 0 Å². The van der Waals surface area contributed by atoms with Gasteiger partial charge in [0.1, 0.15) is 5.82 Å². The third kappa shape index (κ3) is 7.83. The molecule has 0 bridgehead atoms. The Morgan fingerprint density at radius 1 is 0.939 bits per heavy atom. The van der Waals surface area contributed by atoms with Crippen LogP contribution in [-0.2, 0) is 4.74 Å². The van der Waals surface area contributed by atoms with Gasteiger partial charge in [-0.05, 0) is 67.0 Å². The molecule has 4 heteroatoms. The summed E-state index contributed by atoms with van der Waals surface area (Å²) in [6, 6.07) is 16.5. The van der Waals surface area contributed by atoms with Crippen LogP contribution in [0.15, 0.2) is 71.7 Å². The minimum atomic E-state index is -0.221. The molecule has 0 radical (unpaired) electrons. The van der Waals surface area contributed by atoms with Gasteiger partial charge in [-0.15, -0.1) is 0 Å². The number of hydrogen-bond donors (Lipinski definition) is 1. The van der Waals surface area contributed by atoms with Crippen LogP contribution in [0.2, 0.25) is 0 Å². The van der Waals surface area contributed by atoms with Crippen LogP contribution >= 0.6 is 0 Å². The van der Waals surface area contributed by atoms with Crippen LogP contribution < -0.4 is 5.56 Å². The second-order valence-electron chi connectivity index (χ2n) is 8.48. The topological polar surface area (TPSA) is 42.1 Å². The summed E-state index contributed by atoms with van der Waals surface area (Å²) in [4.78, 5) is 13.9. The average Bonchev–Trinajstić information content (AvgIpc) is 2.83. The highest BCUT2D eigenvalue weighted by Gasteiger charge is 2.05. The van der Waals surface area contributed by atoms with Gasteiger partial charge in [-0.25, -0.2) is 4.39 Å². The van der Waals surface area contributed by atoms with Crippen molar-refractivity contribution in [2.45, 2.75) is 58.5 Å². The molecule has 3 rings (SSSR count). The van der Waals surface area contributed by atoms with E-state index >= 15 is 0 Å². The highest BCUT2D eigenvalue weighted by molar-refractivity contribution is 5.71. The third-order valence-corrected chi connectivity index (χ3v) is 5.77. The van der Waals surface area contributed by atoms with Crippen LogP contribution in [-0.4, -0.2) is 17.7 Å². The quantitative estimate of drug-likeness (QED) is 0.290. The molecule has 0 amide bonds. The lowest BCUT2D eigenvalue weighted by molar-refractivity contribution is 0.0566. The Bertz CT molecular complexity index is 1070. The van der Waals surface area contributed by atoms with Crippen LogP contribution in [0.5, 0.6) is 0 Å². The van der Waals surface area contributed by atoms with E-state index in [0.29, 0.717) is 5.56 Å². The molecule has 0 aliphatic carbocycles. The zero-order valence-corrected chi connectivity index (χ0v) is 19.6. The van der Waals surface area contributed by atoms with Gasteiger partial charge >= 0.3 is 0 Å². The summed E-state index contributed by atoms with van der Waals surface area (Å²) in [6.45, 7) is 5.17. The normalized spacial score (nSPS) is 12.3. The molecular formula is C29H34FNO2. The second kappa shape index (κ2) is 12.9. The molecule has 3 aromatic rings. The van der Waals surface area contributed by atoms with Crippen molar-refractivity contribution in [1.82, 2.24) is 4.98 Å². The molecule has 1 N–H and O–H groups in total. The highest BCUT2D eigenvalue weighted by Crippen LogP contribution is 2.26. The van der Waals surface area contributed by atoms with E-state index in [1.807, 2.05) is 48.6 Å². The molecule has 3 nitrogen and oxygen atoms in total. The maximum Gasteiger partial charge on any atom is 0.247 e. The lowest BCUT2D eigenvalue weighted by atomic mass is 10.00. The van der Waals surface area contributed by atoms with Crippen LogP contribution in [0.25, 0.3) is 28.3 Å². The largest absolute Gasteiger partial charge is 0.379 e. The number of unbranched alkanes of at least 4 members (excludes halogenated alkanes) is 3. The predicted octanol–water partition coefficient (Wildman–Crippen LogP) is 7.63. The zero-order chi connectivity index (χ0) is 23.5. The summed E-state index contributed by atoms with van der Waals surface area (Å²) in [7, 11) is 0. The number of hydrogen-bond acceptors (Lipinski definition) is 2. The molecule has 1 aromatic heterocycles. The summed E-state index contributed by atoms with van der Waals surface area (Å²) < 4.78 is 20.5. The number of H-pyrrole nitrogens is 1. The first-order valence-corrected chi connectivity index (χ1v) is 11.9. The van der Waals surface area contributed by atoms with E-state index in [9.17, 15) is 9.18 Å². The van der Waals surface area contributed by atoms with E-state index in [1.54, 1.807) is 18.3 Å². The Morgan fingerprint density at radius 2 is 1.64 bits per heavy atom. The number of ether oxygens (including phenoxy) is 1. The van der Waals surface area contributed by atoms with Crippen molar-refractivity contribution in [2.24, 2.45) is 0 Å². The van der Waals surface area contributed by atoms with Crippen LogP contribution in [0.4, 0.5) is 4.39 Å². The summed E-state index contributed by atoms with van der Waals surface area (Å²) in [6.07, 6.45) is 12.4. The molecule has 174 valence electrons. The molecule has 33 heavy (non-hydrogen) atoms. The number of benzene rings is 2. The Hall–Kier alpha value is -2.98. The summed E-state index contributed by atoms with van der Waals surface area (Å²) in [5.41, 5.74) is 4.20. The van der Waals surface area contributed by atoms with Gasteiger partial charge in [0.25, 0.3) is 0 Å². The number of halogens is 1. The molecule has 0 spiro atoms. The molecule has 0 fully saturated rings. The number of aromatic amines is 1. The van der Waals surface area contributed by atoms with Crippen LogP contribution in [0, 0.1) is 5.82 Å². The monoisotopic (exact) mass is 447 g/mol. The number of rotatable bonds is 12. The Kier molecular flexibility index (Phi) is 9.64. The van der Waals surface area contributed by atoms with Gasteiger partial charge in [0.2, 0.25) is 5.56 Å². The fourth-order valence-electron chi connectivity index (χ4n) is 3.74. The Morgan fingerprint density at radius 3 is 2.30 bits per heavy atom. The van der Waals surface area contributed by atoms with Gasteiger partial charge in [-0.3, -0.25) is 4.79 Å². The first kappa shape index (κ1) is 24.7. The minimum Gasteiger partial charge on any atom is -0.379 e. The third-order valence-electron chi connectivity index (χ3n) is 5.77. The van der Waals surface area contributed by atoms with E-state index in [4.69, 9.17) is 4.74 Å². The van der Waals surface area contributed by atoms with Gasteiger partial charge in [0.15, 0.2) is 0 Å². The van der Waals surface area contributed by atoms with Gasteiger partial charge < -0.3 is 9.72 Å². The first-order valence-electron chi connectivity index (χ1n) is 11.9. The van der Waals surface area contributed by atoms with Crippen molar-refractivity contribution < 1.29 is 9.13 Å². The molecule has 1 heterocycles. The fourth-order valence-corrected chi connectivity index (χ4v) is 3.74. The minimum absolute atomic E-state index is 0.124. The van der Waals surface area contributed by atoms with E-state index in [-0.39, 0.29) is 17.5 Å². The second-order valence-corrected chi connectivity index (χ2v) is 8.48. The molecule has 0 saturated carbocycles. The molecule has 1 unspecified atom stereocenters. The van der Waals surface area contributed by atoms with Crippen molar-refractivity contribution in [3.8, 4) is 22.3 Å². The summed E-state index contributed by atoms with van der Waals surface area (Å²) in [5, 5.41) is 0. The maximum absolute atomic E-state index is 14.7. The van der Waals surface area contributed by atoms with Crippen LogP contribution in [0.3, 0.4) is 0 Å². The number of pyridine rings is 1. The Balaban J connectivity index is 1.51. The SMILES string of the molecule is CCCCCOC(C)CCC/C=C/c1ccc(-c2ccc(-c3ccc(=O)[nH]c3)cc2)cc1F. The van der Waals surface area contributed by atoms with Crippen molar-refractivity contribution in [3.05, 3.63) is 88.6 Å². The molecule has 1 atom stereocenters. The predicted molar refractivity (Wildman–Crippen MR) is 136 cm³/mol. The smallest absolute Gasteiger partial charge is 0.247 e. The van der Waals surface area contributed by atoms with Gasteiger partial charge in [0, 0.05) is 24.4 Å². The van der Waals surface area contributed by atoms with Gasteiger partial charge in [0.05, 0.1) is 6.10 Å². The molecule has 0 aliphatic rings. The molecule has 0 aliphatic heterocycles. The summed E-state index contributed by atoms with van der Waals surface area (Å²) in [5.74, 6) is -0.221. The van der Waals surface area contributed by atoms with Crippen LogP contribution in [0.1, 0.15) is 57.9 Å². The standard InChI is InChI=1S/C29H34FNO2/c1-3-4-8-19-33-22(2)9-6-5-7-10-25-15-16-26(20-28(25)30)23-11-13-24(14-12-23)27-17-18-29(32)31-21-27/h7,10-18,20-22H,3-6,8-9,19H2,1-2H3,(H,31,32)/b10-7+. The number of allylic oxidation sites excluding steroid dienone is 1. The van der Waals surface area contributed by atoms with Crippen molar-refractivity contribution >= 4 is 6.08 Å². The van der Waals surface area contributed by atoms with E-state index < -0.39 is 0 Å².